The SMILES string of the molecule is O=C(Cc1ccccc1)NC1CN(C(=O)c2nc3c(C(F)(F)F)cc(-c4ccoc4)cn3c2Cl)C1. The predicted molar refractivity (Wildman–Crippen MR) is 121 cm³/mol. The molecule has 0 unspecified atom stereocenters. The van der Waals surface area contributed by atoms with Crippen molar-refractivity contribution in [3.8, 4) is 11.1 Å². The molecule has 1 aliphatic rings. The minimum absolute atomic E-state index is 0.180. The molecule has 1 saturated heterocycles. The highest BCUT2D eigenvalue weighted by molar-refractivity contribution is 6.33. The van der Waals surface area contributed by atoms with E-state index in [-0.39, 0.29) is 47.9 Å². The van der Waals surface area contributed by atoms with E-state index in [0.29, 0.717) is 5.56 Å². The van der Waals surface area contributed by atoms with Gasteiger partial charge in [-0.2, -0.15) is 13.2 Å². The number of furan rings is 1. The second-order valence-electron chi connectivity index (χ2n) is 8.23. The molecule has 0 aliphatic carbocycles. The lowest BCUT2D eigenvalue weighted by molar-refractivity contribution is -0.136. The lowest BCUT2D eigenvalue weighted by Crippen LogP contribution is -2.61. The van der Waals surface area contributed by atoms with Crippen molar-refractivity contribution < 1.29 is 27.2 Å². The fourth-order valence-electron chi connectivity index (χ4n) is 3.99. The number of halogens is 4. The van der Waals surface area contributed by atoms with Crippen molar-refractivity contribution in [3.63, 3.8) is 0 Å². The molecule has 0 atom stereocenters. The Balaban J connectivity index is 1.34. The predicted octanol–water partition coefficient (Wildman–Crippen LogP) is 4.45. The third kappa shape index (κ3) is 4.49. The van der Waals surface area contributed by atoms with Gasteiger partial charge in [-0.1, -0.05) is 41.9 Å². The standard InChI is InChI=1S/C24H18ClF3N4O3/c25-21-20(23(34)31-11-17(12-31)29-19(33)8-14-4-2-1-3-5-14)30-22-18(24(26,27)28)9-16(10-32(21)22)15-6-7-35-13-15/h1-7,9-10,13,17H,8,11-12H2,(H,29,33). The first kappa shape index (κ1) is 23.0. The summed E-state index contributed by atoms with van der Waals surface area (Å²) in [5.74, 6) is -0.786. The molecule has 1 fully saturated rings. The number of rotatable bonds is 5. The van der Waals surface area contributed by atoms with E-state index in [4.69, 9.17) is 16.0 Å². The van der Waals surface area contributed by atoms with Gasteiger partial charge >= 0.3 is 6.18 Å². The van der Waals surface area contributed by atoms with Crippen LogP contribution in [0.25, 0.3) is 16.8 Å². The van der Waals surface area contributed by atoms with Crippen LogP contribution < -0.4 is 5.32 Å². The first-order chi connectivity index (χ1) is 16.7. The van der Waals surface area contributed by atoms with E-state index in [0.717, 1.165) is 16.0 Å². The van der Waals surface area contributed by atoms with Crippen molar-refractivity contribution in [3.05, 3.63) is 83.2 Å². The van der Waals surface area contributed by atoms with Gasteiger partial charge in [0.2, 0.25) is 5.91 Å². The maximum absolute atomic E-state index is 13.8. The number of hydrogen-bond acceptors (Lipinski definition) is 4. The Morgan fingerprint density at radius 1 is 1.14 bits per heavy atom. The molecule has 7 nitrogen and oxygen atoms in total. The number of hydrogen-bond donors (Lipinski definition) is 1. The molecule has 1 aromatic carbocycles. The van der Waals surface area contributed by atoms with Crippen LogP contribution in [0.15, 0.2) is 65.6 Å². The number of alkyl halides is 3. The van der Waals surface area contributed by atoms with Gasteiger partial charge in [0.05, 0.1) is 30.6 Å². The van der Waals surface area contributed by atoms with E-state index >= 15 is 0 Å². The van der Waals surface area contributed by atoms with Gasteiger partial charge in [-0.15, -0.1) is 0 Å². The average molecular weight is 503 g/mol. The number of nitrogens with one attached hydrogen (secondary N) is 1. The van der Waals surface area contributed by atoms with Crippen LogP contribution in [0.3, 0.4) is 0 Å². The second-order valence-corrected chi connectivity index (χ2v) is 8.59. The van der Waals surface area contributed by atoms with Crippen LogP contribution in [-0.4, -0.2) is 45.2 Å². The maximum atomic E-state index is 13.8. The monoisotopic (exact) mass is 502 g/mol. The largest absolute Gasteiger partial charge is 0.472 e. The van der Waals surface area contributed by atoms with Crippen LogP contribution in [0.2, 0.25) is 5.15 Å². The second kappa shape index (κ2) is 8.77. The molecular formula is C24H18ClF3N4O3. The number of likely N-dealkylation sites (tertiary alicyclic amines) is 1. The lowest BCUT2D eigenvalue weighted by Gasteiger charge is -2.39. The molecule has 5 rings (SSSR count). The van der Waals surface area contributed by atoms with Gasteiger partial charge in [-0.05, 0) is 17.7 Å². The molecular weight excluding hydrogens is 485 g/mol. The summed E-state index contributed by atoms with van der Waals surface area (Å²) in [5, 5.41) is 2.62. The maximum Gasteiger partial charge on any atom is 0.420 e. The lowest BCUT2D eigenvalue weighted by atomic mass is 10.1. The number of nitrogens with zero attached hydrogens (tertiary/aromatic N) is 3. The molecule has 3 aromatic heterocycles. The fraction of sp³-hybridized carbons (Fsp3) is 0.208. The Hall–Kier alpha value is -3.79. The topological polar surface area (TPSA) is 79.8 Å². The third-order valence-corrected chi connectivity index (χ3v) is 6.13. The number of fused-ring (bicyclic) bond motifs is 1. The Morgan fingerprint density at radius 2 is 1.89 bits per heavy atom. The summed E-state index contributed by atoms with van der Waals surface area (Å²) >= 11 is 6.34. The van der Waals surface area contributed by atoms with Gasteiger partial charge in [0.1, 0.15) is 5.15 Å². The van der Waals surface area contributed by atoms with Crippen molar-refractivity contribution >= 4 is 29.1 Å². The van der Waals surface area contributed by atoms with Crippen LogP contribution in [0.1, 0.15) is 21.6 Å². The summed E-state index contributed by atoms with van der Waals surface area (Å²) in [6, 6.07) is 11.4. The normalized spacial score (nSPS) is 14.2. The summed E-state index contributed by atoms with van der Waals surface area (Å²) in [5.41, 5.74) is -0.272. The first-order valence-electron chi connectivity index (χ1n) is 10.6. The fourth-order valence-corrected chi connectivity index (χ4v) is 4.25. The summed E-state index contributed by atoms with van der Waals surface area (Å²) in [7, 11) is 0. The van der Waals surface area contributed by atoms with Crippen molar-refractivity contribution in [1.82, 2.24) is 19.6 Å². The summed E-state index contributed by atoms with van der Waals surface area (Å²) in [6.07, 6.45) is -0.478. The zero-order valence-corrected chi connectivity index (χ0v) is 18.8. The summed E-state index contributed by atoms with van der Waals surface area (Å²) in [4.78, 5) is 30.5. The van der Waals surface area contributed by atoms with Crippen LogP contribution in [0.4, 0.5) is 13.2 Å². The van der Waals surface area contributed by atoms with Crippen molar-refractivity contribution in [2.24, 2.45) is 0 Å². The highest BCUT2D eigenvalue weighted by atomic mass is 35.5. The molecule has 1 N–H and O–H groups in total. The molecule has 35 heavy (non-hydrogen) atoms. The van der Waals surface area contributed by atoms with Crippen LogP contribution in [-0.2, 0) is 17.4 Å². The number of carbonyl (C=O) groups excluding carboxylic acids is 2. The van der Waals surface area contributed by atoms with Gasteiger partial charge < -0.3 is 14.6 Å². The Bertz CT molecular complexity index is 1400. The highest BCUT2D eigenvalue weighted by Gasteiger charge is 2.38. The Labute approximate surface area is 202 Å². The van der Waals surface area contributed by atoms with Crippen LogP contribution in [0.5, 0.6) is 0 Å². The average Bonchev–Trinajstić information content (AvgIpc) is 3.44. The minimum atomic E-state index is -4.72. The number of imidazole rings is 1. The Kier molecular flexibility index (Phi) is 5.76. The Morgan fingerprint density at radius 3 is 2.54 bits per heavy atom. The van der Waals surface area contributed by atoms with E-state index < -0.39 is 23.3 Å². The third-order valence-electron chi connectivity index (χ3n) is 5.77. The quantitative estimate of drug-likeness (QED) is 0.437. The molecule has 0 radical (unpaired) electrons. The molecule has 0 saturated carbocycles. The molecule has 0 bridgehead atoms. The molecule has 1 aliphatic heterocycles. The van der Waals surface area contributed by atoms with Crippen molar-refractivity contribution in [1.29, 1.82) is 0 Å². The van der Waals surface area contributed by atoms with E-state index in [1.807, 2.05) is 30.3 Å². The van der Waals surface area contributed by atoms with Gasteiger partial charge in [0.25, 0.3) is 5.91 Å². The van der Waals surface area contributed by atoms with Gasteiger partial charge in [0.15, 0.2) is 11.3 Å². The zero-order valence-electron chi connectivity index (χ0n) is 18.1. The molecule has 2 amide bonds. The number of aromatic nitrogens is 2. The van der Waals surface area contributed by atoms with Crippen molar-refractivity contribution in [2.75, 3.05) is 13.1 Å². The number of amides is 2. The highest BCUT2D eigenvalue weighted by Crippen LogP contribution is 2.37. The van der Waals surface area contributed by atoms with Gasteiger partial charge in [0, 0.05) is 30.4 Å². The van der Waals surface area contributed by atoms with E-state index in [9.17, 15) is 22.8 Å². The first-order valence-corrected chi connectivity index (χ1v) is 11.0. The number of benzene rings is 1. The van der Waals surface area contributed by atoms with Crippen LogP contribution in [0, 0.1) is 0 Å². The van der Waals surface area contributed by atoms with E-state index in [1.54, 1.807) is 0 Å². The molecule has 4 heterocycles. The molecule has 180 valence electrons. The van der Waals surface area contributed by atoms with Crippen molar-refractivity contribution in [2.45, 2.75) is 18.6 Å². The number of carbonyl (C=O) groups is 2. The minimum Gasteiger partial charge on any atom is -0.472 e. The van der Waals surface area contributed by atoms with Gasteiger partial charge in [-0.25, -0.2) is 4.98 Å². The molecule has 11 heteroatoms. The summed E-state index contributed by atoms with van der Waals surface area (Å²) < 4.78 is 47.4. The summed E-state index contributed by atoms with van der Waals surface area (Å²) in [6.45, 7) is 0.409. The molecule has 4 aromatic rings. The zero-order chi connectivity index (χ0) is 24.7. The van der Waals surface area contributed by atoms with E-state index in [2.05, 4.69) is 10.3 Å². The van der Waals surface area contributed by atoms with Crippen LogP contribution >= 0.6 is 11.6 Å². The number of pyridine rings is 1. The van der Waals surface area contributed by atoms with Gasteiger partial charge in [-0.3, -0.25) is 14.0 Å². The van der Waals surface area contributed by atoms with E-state index in [1.165, 1.54) is 29.7 Å². The molecule has 0 spiro atoms. The smallest absolute Gasteiger partial charge is 0.420 e.